The van der Waals surface area contributed by atoms with Gasteiger partial charge in [-0.05, 0) is 58.0 Å². The fraction of sp³-hybridized carbons (Fsp3) is 0.417. The van der Waals surface area contributed by atoms with E-state index in [1.807, 2.05) is 60.8 Å². The number of benzene rings is 2. The Morgan fingerprint density at radius 1 is 0.450 bits per heavy atom. The minimum absolute atomic E-state index is 0.500. The van der Waals surface area contributed by atoms with E-state index in [4.69, 9.17) is 0 Å². The summed E-state index contributed by atoms with van der Waals surface area (Å²) < 4.78 is 0. The van der Waals surface area contributed by atoms with Crippen molar-refractivity contribution in [2.75, 3.05) is 0 Å². The predicted octanol–water partition coefficient (Wildman–Crippen LogP) is 11.0. The first-order chi connectivity index (χ1) is 18.4. The second kappa shape index (κ2) is 18.7. The number of para-hydroxylation sites is 3. The van der Waals surface area contributed by atoms with Gasteiger partial charge in [0, 0.05) is 36.5 Å². The first-order valence-corrected chi connectivity index (χ1v) is 14.0. The molecule has 218 valence electrons. The molecule has 5 rings (SSSR count). The van der Waals surface area contributed by atoms with Gasteiger partial charge in [-0.2, -0.15) is 0 Å². The molecule has 0 spiro atoms. The van der Waals surface area contributed by atoms with E-state index in [0.717, 1.165) is 11.0 Å². The summed E-state index contributed by atoms with van der Waals surface area (Å²) in [5.41, 5.74) is 4.60. The summed E-state index contributed by atoms with van der Waals surface area (Å²) in [4.78, 5) is 15.1. The Morgan fingerprint density at radius 2 is 0.850 bits per heavy atom. The number of aromatic nitrogens is 4. The zero-order valence-electron chi connectivity index (χ0n) is 27.2. The predicted molar refractivity (Wildman–Crippen MR) is 177 cm³/mol. The van der Waals surface area contributed by atoms with E-state index in [-0.39, 0.29) is 0 Å². The van der Waals surface area contributed by atoms with Crippen LogP contribution in [-0.4, -0.2) is 19.9 Å². The molecule has 2 aromatic carbocycles. The molecule has 4 nitrogen and oxygen atoms in total. The molecule has 0 amide bonds. The van der Waals surface area contributed by atoms with Crippen molar-refractivity contribution in [2.45, 2.75) is 83.1 Å². The van der Waals surface area contributed by atoms with Crippen LogP contribution in [0, 0.1) is 16.2 Å². The van der Waals surface area contributed by atoms with Crippen molar-refractivity contribution in [2.24, 2.45) is 16.2 Å². The van der Waals surface area contributed by atoms with Gasteiger partial charge in [-0.25, -0.2) is 0 Å². The number of nitrogens with zero attached hydrogens (tertiary/aromatic N) is 3. The number of aromatic amines is 1. The molecule has 0 saturated heterocycles. The lowest BCUT2D eigenvalue weighted by molar-refractivity contribution is 0.469. The Balaban J connectivity index is 0.000000471. The Bertz CT molecular complexity index is 1100. The maximum Gasteiger partial charge on any atom is 0.0886 e. The second-order valence-corrected chi connectivity index (χ2v) is 14.1. The van der Waals surface area contributed by atoms with Crippen LogP contribution in [0.4, 0.5) is 0 Å². The van der Waals surface area contributed by atoms with E-state index in [1.165, 1.54) is 10.9 Å². The number of nitrogens with one attached hydrogen (secondary N) is 1. The summed E-state index contributed by atoms with van der Waals surface area (Å²) in [6.45, 7) is 26.2. The van der Waals surface area contributed by atoms with Crippen molar-refractivity contribution in [3.05, 3.63) is 104 Å². The van der Waals surface area contributed by atoms with E-state index in [9.17, 15) is 0 Å². The Kier molecular flexibility index (Phi) is 17.1. The SMILES string of the molecule is CC(C)(C)C.CC(C)(C)C.CC(C)(C)C.c1ccc2[nH]ccc2c1.c1ccc2nccnc2c1.c1ccncc1. The number of rotatable bonds is 0. The summed E-state index contributed by atoms with van der Waals surface area (Å²) in [5.74, 6) is 0. The second-order valence-electron chi connectivity index (χ2n) is 14.1. The summed E-state index contributed by atoms with van der Waals surface area (Å²) in [5, 5.41) is 1.28. The molecule has 4 heteroatoms. The fourth-order valence-corrected chi connectivity index (χ4v) is 2.22. The zero-order valence-corrected chi connectivity index (χ0v) is 27.2. The quantitative estimate of drug-likeness (QED) is 0.212. The average Bonchev–Trinajstić information content (AvgIpc) is 3.32. The lowest BCUT2D eigenvalue weighted by Gasteiger charge is -2.05. The van der Waals surface area contributed by atoms with E-state index in [2.05, 4.69) is 121 Å². The van der Waals surface area contributed by atoms with Crippen LogP contribution >= 0.6 is 0 Å². The van der Waals surface area contributed by atoms with Crippen LogP contribution in [0.15, 0.2) is 104 Å². The molecule has 3 heterocycles. The Labute approximate surface area is 244 Å². The lowest BCUT2D eigenvalue weighted by Crippen LogP contribution is -1.93. The topological polar surface area (TPSA) is 54.5 Å². The molecule has 0 aliphatic rings. The van der Waals surface area contributed by atoms with Gasteiger partial charge in [0.05, 0.1) is 11.0 Å². The van der Waals surface area contributed by atoms with Gasteiger partial charge in [0.25, 0.3) is 0 Å². The van der Waals surface area contributed by atoms with Crippen LogP contribution in [0.3, 0.4) is 0 Å². The molecule has 0 saturated carbocycles. The highest BCUT2D eigenvalue weighted by Crippen LogP contribution is 2.10. The molecule has 40 heavy (non-hydrogen) atoms. The molecule has 5 aromatic rings. The van der Waals surface area contributed by atoms with Crippen molar-refractivity contribution in [1.29, 1.82) is 0 Å². The summed E-state index contributed by atoms with van der Waals surface area (Å²) >= 11 is 0. The molecule has 0 atom stereocenters. The zero-order chi connectivity index (χ0) is 30.7. The number of hydrogen-bond donors (Lipinski definition) is 1. The van der Waals surface area contributed by atoms with E-state index >= 15 is 0 Å². The van der Waals surface area contributed by atoms with E-state index < -0.39 is 0 Å². The average molecular weight is 543 g/mol. The van der Waals surface area contributed by atoms with Crippen LogP contribution in [0.1, 0.15) is 83.1 Å². The maximum atomic E-state index is 4.12. The highest BCUT2D eigenvalue weighted by Gasteiger charge is 1.96. The molecular formula is C36H54N4. The van der Waals surface area contributed by atoms with E-state index in [1.54, 1.807) is 24.8 Å². The molecule has 0 fully saturated rings. The first kappa shape index (κ1) is 36.5. The van der Waals surface area contributed by atoms with Crippen molar-refractivity contribution in [3.63, 3.8) is 0 Å². The molecule has 0 aliphatic heterocycles. The number of pyridine rings is 1. The summed E-state index contributed by atoms with van der Waals surface area (Å²) in [6, 6.07) is 23.8. The van der Waals surface area contributed by atoms with Gasteiger partial charge in [0.1, 0.15) is 0 Å². The van der Waals surface area contributed by atoms with Gasteiger partial charge in [-0.1, -0.05) is 119 Å². The van der Waals surface area contributed by atoms with Gasteiger partial charge in [-0.15, -0.1) is 0 Å². The minimum Gasteiger partial charge on any atom is -0.361 e. The monoisotopic (exact) mass is 542 g/mol. The standard InChI is InChI=1S/C8H6N2.C8H7N.C5H5N.3C5H12/c1-2-4-8-7(3-1)9-5-6-10-8;1-2-4-8-7(3-1)5-6-9-8;1-2-4-6-5-3-1;3*1-5(2,3)4/h1-6H;1-6,9H;1-5H;3*1-4H3. The Hall–Kier alpha value is -3.53. The summed E-state index contributed by atoms with van der Waals surface area (Å²) in [6.07, 6.45) is 8.84. The third kappa shape index (κ3) is 27.5. The molecular weight excluding hydrogens is 488 g/mol. The van der Waals surface area contributed by atoms with Crippen LogP contribution < -0.4 is 0 Å². The minimum atomic E-state index is 0.500. The molecule has 0 radical (unpaired) electrons. The molecule has 0 unspecified atom stereocenters. The van der Waals surface area contributed by atoms with Gasteiger partial charge >= 0.3 is 0 Å². The van der Waals surface area contributed by atoms with Gasteiger partial charge in [-0.3, -0.25) is 15.0 Å². The number of hydrogen-bond acceptors (Lipinski definition) is 3. The van der Waals surface area contributed by atoms with Gasteiger partial charge in [0.15, 0.2) is 0 Å². The fourth-order valence-electron chi connectivity index (χ4n) is 2.22. The van der Waals surface area contributed by atoms with Gasteiger partial charge < -0.3 is 4.98 Å². The highest BCUT2D eigenvalue weighted by molar-refractivity contribution is 5.78. The van der Waals surface area contributed by atoms with Crippen molar-refractivity contribution < 1.29 is 0 Å². The van der Waals surface area contributed by atoms with Crippen LogP contribution in [0.25, 0.3) is 21.9 Å². The third-order valence-corrected chi connectivity index (χ3v) is 3.40. The smallest absolute Gasteiger partial charge is 0.0886 e. The lowest BCUT2D eigenvalue weighted by atomic mass is 10.0. The van der Waals surface area contributed by atoms with Crippen molar-refractivity contribution >= 4 is 21.9 Å². The molecule has 0 bridgehead atoms. The van der Waals surface area contributed by atoms with Crippen molar-refractivity contribution in [3.8, 4) is 0 Å². The molecule has 3 aromatic heterocycles. The number of H-pyrrole nitrogens is 1. The normalized spacial score (nSPS) is 10.5. The maximum absolute atomic E-state index is 4.12. The third-order valence-electron chi connectivity index (χ3n) is 3.40. The Morgan fingerprint density at radius 3 is 1.20 bits per heavy atom. The van der Waals surface area contributed by atoms with Crippen LogP contribution in [-0.2, 0) is 0 Å². The summed E-state index contributed by atoms with van der Waals surface area (Å²) in [7, 11) is 0. The van der Waals surface area contributed by atoms with Crippen LogP contribution in [0.5, 0.6) is 0 Å². The molecule has 0 aliphatic carbocycles. The van der Waals surface area contributed by atoms with Crippen LogP contribution in [0.2, 0.25) is 0 Å². The van der Waals surface area contributed by atoms with Gasteiger partial charge in [0.2, 0.25) is 0 Å². The van der Waals surface area contributed by atoms with Crippen molar-refractivity contribution in [1.82, 2.24) is 19.9 Å². The first-order valence-electron chi connectivity index (χ1n) is 14.0. The molecule has 1 N–H and O–H groups in total. The highest BCUT2D eigenvalue weighted by atomic mass is 14.8. The largest absolute Gasteiger partial charge is 0.361 e. The van der Waals surface area contributed by atoms with E-state index in [0.29, 0.717) is 16.2 Å². The number of fused-ring (bicyclic) bond motifs is 2.